The van der Waals surface area contributed by atoms with E-state index in [1.165, 1.54) is 24.3 Å². The van der Waals surface area contributed by atoms with Crippen LogP contribution >= 0.6 is 15.9 Å². The van der Waals surface area contributed by atoms with Gasteiger partial charge in [-0.15, -0.1) is 0 Å². The Kier molecular flexibility index (Phi) is 4.17. The molecule has 2 rings (SSSR count). The summed E-state index contributed by atoms with van der Waals surface area (Å²) in [4.78, 5) is -0.180. The van der Waals surface area contributed by atoms with Crippen molar-refractivity contribution in [2.24, 2.45) is 5.14 Å². The van der Waals surface area contributed by atoms with Gasteiger partial charge in [0.25, 0.3) is 0 Å². The van der Waals surface area contributed by atoms with Gasteiger partial charge in [0.05, 0.1) is 26.4 Å². The highest BCUT2D eigenvalue weighted by atomic mass is 79.9. The summed E-state index contributed by atoms with van der Waals surface area (Å²) in [5.41, 5.74) is 5.94. The molecular formula is C12H10BrF2N3O2S. The van der Waals surface area contributed by atoms with Crippen LogP contribution in [-0.4, -0.2) is 8.42 Å². The molecule has 0 fully saturated rings. The van der Waals surface area contributed by atoms with Crippen LogP contribution in [0.1, 0.15) is 0 Å². The normalized spacial score (nSPS) is 11.4. The second-order valence-electron chi connectivity index (χ2n) is 4.17. The van der Waals surface area contributed by atoms with Gasteiger partial charge < -0.3 is 11.1 Å². The van der Waals surface area contributed by atoms with E-state index in [0.717, 1.165) is 0 Å². The Morgan fingerprint density at radius 2 is 1.71 bits per heavy atom. The minimum atomic E-state index is -3.92. The second-order valence-corrected chi connectivity index (χ2v) is 6.58. The van der Waals surface area contributed by atoms with Crippen LogP contribution in [0, 0.1) is 11.6 Å². The fourth-order valence-corrected chi connectivity index (χ4v) is 2.47. The highest BCUT2D eigenvalue weighted by molar-refractivity contribution is 9.10. The highest BCUT2D eigenvalue weighted by Crippen LogP contribution is 2.30. The van der Waals surface area contributed by atoms with Crippen LogP contribution < -0.4 is 16.2 Å². The molecule has 2 aromatic carbocycles. The third kappa shape index (κ3) is 3.49. The van der Waals surface area contributed by atoms with Crippen molar-refractivity contribution >= 4 is 43.0 Å². The predicted octanol–water partition coefficient (Wildman–Crippen LogP) is 2.70. The fraction of sp³-hybridized carbons (Fsp3) is 0. The molecule has 5 N–H and O–H groups in total. The first kappa shape index (κ1) is 15.7. The Morgan fingerprint density at radius 3 is 2.33 bits per heavy atom. The SMILES string of the molecule is Nc1ccc(S(N)(=O)=O)cc1Nc1cc(Br)c(F)cc1F. The number of nitrogens with two attached hydrogens (primary N) is 2. The molecule has 0 saturated carbocycles. The molecule has 0 atom stereocenters. The molecule has 0 aliphatic heterocycles. The summed E-state index contributed by atoms with van der Waals surface area (Å²) < 4.78 is 49.5. The number of primary sulfonamides is 1. The van der Waals surface area contributed by atoms with Gasteiger partial charge in [0.1, 0.15) is 11.6 Å². The van der Waals surface area contributed by atoms with Crippen molar-refractivity contribution in [2.45, 2.75) is 4.90 Å². The Labute approximate surface area is 128 Å². The predicted molar refractivity (Wildman–Crippen MR) is 79.6 cm³/mol. The molecule has 2 aromatic rings. The number of benzene rings is 2. The Bertz CT molecular complexity index is 812. The standard InChI is InChI=1S/C12H10BrF2N3O2S/c13-7-4-11(9(15)5-8(7)14)18-12-3-6(21(17,19)20)1-2-10(12)16/h1-5,18H,16H2,(H2,17,19,20). The van der Waals surface area contributed by atoms with E-state index in [1.54, 1.807) is 0 Å². The molecule has 5 nitrogen and oxygen atoms in total. The van der Waals surface area contributed by atoms with Crippen LogP contribution in [0.15, 0.2) is 39.7 Å². The van der Waals surface area contributed by atoms with Gasteiger partial charge in [-0.25, -0.2) is 22.3 Å². The fourth-order valence-electron chi connectivity index (χ4n) is 1.58. The first-order chi connectivity index (χ1) is 9.68. The average Bonchev–Trinajstić information content (AvgIpc) is 2.37. The maximum Gasteiger partial charge on any atom is 0.238 e. The lowest BCUT2D eigenvalue weighted by Crippen LogP contribution is -2.12. The topological polar surface area (TPSA) is 98.2 Å². The van der Waals surface area contributed by atoms with Gasteiger partial charge in [0.2, 0.25) is 10.0 Å². The summed E-state index contributed by atoms with van der Waals surface area (Å²) in [6.45, 7) is 0. The number of halogens is 3. The van der Waals surface area contributed by atoms with Crippen LogP contribution in [0.25, 0.3) is 0 Å². The van der Waals surface area contributed by atoms with Crippen molar-refractivity contribution < 1.29 is 17.2 Å². The number of rotatable bonds is 3. The summed E-state index contributed by atoms with van der Waals surface area (Å²) in [5, 5.41) is 7.62. The van der Waals surface area contributed by atoms with Gasteiger partial charge in [-0.2, -0.15) is 0 Å². The van der Waals surface area contributed by atoms with E-state index in [0.29, 0.717) is 6.07 Å². The molecule has 0 aliphatic rings. The van der Waals surface area contributed by atoms with E-state index in [9.17, 15) is 17.2 Å². The van der Waals surface area contributed by atoms with Crippen LogP contribution in [0.5, 0.6) is 0 Å². The molecular weight excluding hydrogens is 368 g/mol. The molecule has 21 heavy (non-hydrogen) atoms. The van der Waals surface area contributed by atoms with E-state index in [2.05, 4.69) is 21.2 Å². The number of nitrogen functional groups attached to an aromatic ring is 1. The van der Waals surface area contributed by atoms with E-state index in [1.807, 2.05) is 0 Å². The lowest BCUT2D eigenvalue weighted by Gasteiger charge is -2.12. The van der Waals surface area contributed by atoms with Crippen LogP contribution in [0.3, 0.4) is 0 Å². The molecule has 0 radical (unpaired) electrons. The first-order valence-corrected chi connectivity index (χ1v) is 7.86. The summed E-state index contributed by atoms with van der Waals surface area (Å²) in [6.07, 6.45) is 0. The quantitative estimate of drug-likeness (QED) is 0.565. The molecule has 0 amide bonds. The molecule has 0 unspecified atom stereocenters. The Morgan fingerprint density at radius 1 is 1.05 bits per heavy atom. The van der Waals surface area contributed by atoms with E-state index < -0.39 is 21.7 Å². The van der Waals surface area contributed by atoms with Crippen molar-refractivity contribution in [3.05, 3.63) is 46.4 Å². The number of hydrogen-bond acceptors (Lipinski definition) is 4. The van der Waals surface area contributed by atoms with Crippen molar-refractivity contribution in [1.29, 1.82) is 0 Å². The smallest absolute Gasteiger partial charge is 0.238 e. The van der Waals surface area contributed by atoms with Gasteiger partial charge >= 0.3 is 0 Å². The van der Waals surface area contributed by atoms with Crippen molar-refractivity contribution in [3.63, 3.8) is 0 Å². The zero-order chi connectivity index (χ0) is 15.8. The lowest BCUT2D eigenvalue weighted by molar-refractivity contribution is 0.581. The molecule has 0 aliphatic carbocycles. The molecule has 0 bridgehead atoms. The monoisotopic (exact) mass is 377 g/mol. The Balaban J connectivity index is 2.47. The molecule has 0 heterocycles. The maximum absolute atomic E-state index is 13.7. The van der Waals surface area contributed by atoms with Crippen LogP contribution in [-0.2, 0) is 10.0 Å². The van der Waals surface area contributed by atoms with Gasteiger partial charge in [-0.1, -0.05) is 0 Å². The third-order valence-corrected chi connectivity index (χ3v) is 4.15. The highest BCUT2D eigenvalue weighted by Gasteiger charge is 2.13. The minimum Gasteiger partial charge on any atom is -0.397 e. The van der Waals surface area contributed by atoms with Gasteiger partial charge in [-0.05, 0) is 40.2 Å². The van der Waals surface area contributed by atoms with Crippen molar-refractivity contribution in [3.8, 4) is 0 Å². The molecule has 0 saturated heterocycles. The average molecular weight is 378 g/mol. The van der Waals surface area contributed by atoms with Gasteiger partial charge in [0.15, 0.2) is 0 Å². The van der Waals surface area contributed by atoms with Crippen LogP contribution in [0.4, 0.5) is 25.8 Å². The molecule has 112 valence electrons. The van der Waals surface area contributed by atoms with E-state index in [-0.39, 0.29) is 26.4 Å². The molecule has 9 heteroatoms. The zero-order valence-corrected chi connectivity index (χ0v) is 12.8. The van der Waals surface area contributed by atoms with Crippen molar-refractivity contribution in [1.82, 2.24) is 0 Å². The Hall–Kier alpha value is -1.71. The summed E-state index contributed by atoms with van der Waals surface area (Å²) in [7, 11) is -3.92. The third-order valence-electron chi connectivity index (χ3n) is 2.63. The van der Waals surface area contributed by atoms with Crippen molar-refractivity contribution in [2.75, 3.05) is 11.1 Å². The largest absolute Gasteiger partial charge is 0.397 e. The van der Waals surface area contributed by atoms with Gasteiger partial charge in [0, 0.05) is 6.07 Å². The number of nitrogens with one attached hydrogen (secondary N) is 1. The first-order valence-electron chi connectivity index (χ1n) is 5.52. The number of sulfonamides is 1. The lowest BCUT2D eigenvalue weighted by atomic mass is 10.2. The number of anilines is 3. The summed E-state index contributed by atoms with van der Waals surface area (Å²) >= 11 is 2.93. The van der Waals surface area contributed by atoms with Crippen LogP contribution in [0.2, 0.25) is 0 Å². The molecule has 0 spiro atoms. The van der Waals surface area contributed by atoms with E-state index in [4.69, 9.17) is 10.9 Å². The zero-order valence-electron chi connectivity index (χ0n) is 10.4. The summed E-state index contributed by atoms with van der Waals surface area (Å²) in [6, 6.07) is 5.58. The summed E-state index contributed by atoms with van der Waals surface area (Å²) in [5.74, 6) is -1.61. The van der Waals surface area contributed by atoms with E-state index >= 15 is 0 Å². The van der Waals surface area contributed by atoms with Gasteiger partial charge in [-0.3, -0.25) is 0 Å². The molecule has 0 aromatic heterocycles. The number of hydrogen-bond donors (Lipinski definition) is 3. The minimum absolute atomic E-state index is 0.0487. The second kappa shape index (κ2) is 5.58. The maximum atomic E-state index is 13.7.